The summed E-state index contributed by atoms with van der Waals surface area (Å²) in [6.07, 6.45) is 0. The summed E-state index contributed by atoms with van der Waals surface area (Å²) < 4.78 is 14.2. The second kappa shape index (κ2) is 6.17. The van der Waals surface area contributed by atoms with Crippen molar-refractivity contribution in [3.05, 3.63) is 52.0 Å². The Hall–Kier alpha value is -1.39. The largest absolute Gasteiger partial charge is 0.367 e. The predicted octanol–water partition coefficient (Wildman–Crippen LogP) is 3.80. The van der Waals surface area contributed by atoms with Gasteiger partial charge in [0.25, 0.3) is 0 Å². The maximum absolute atomic E-state index is 14.2. The minimum Gasteiger partial charge on any atom is -0.367 e. The Morgan fingerprint density at radius 3 is 2.74 bits per heavy atom. The molecule has 1 atom stereocenters. The van der Waals surface area contributed by atoms with Gasteiger partial charge in [0.05, 0.1) is 12.2 Å². The van der Waals surface area contributed by atoms with E-state index in [0.717, 1.165) is 12.1 Å². The number of anilines is 1. The first-order valence-corrected chi connectivity index (χ1v) is 7.20. The number of halogens is 1. The summed E-state index contributed by atoms with van der Waals surface area (Å²) >= 11 is 1.69. The summed E-state index contributed by atoms with van der Waals surface area (Å²) in [5.74, 6) is -0.168. The molecule has 0 aliphatic heterocycles. The van der Waals surface area contributed by atoms with Crippen LogP contribution in [0.1, 0.15) is 23.4 Å². The number of hydrogen-bond donors (Lipinski definition) is 1. The highest BCUT2D eigenvalue weighted by Gasteiger charge is 2.16. The van der Waals surface area contributed by atoms with E-state index < -0.39 is 0 Å². The van der Waals surface area contributed by atoms with Crippen molar-refractivity contribution >= 4 is 17.0 Å². The van der Waals surface area contributed by atoms with Crippen LogP contribution in [0.25, 0.3) is 0 Å². The fraction of sp³-hybridized carbons (Fsp3) is 0.333. The SMILES string of the molecule is CNC(C)c1cccc(F)c1N(C)Cc1cccs1. The van der Waals surface area contributed by atoms with Gasteiger partial charge in [0.2, 0.25) is 0 Å². The molecule has 0 fully saturated rings. The van der Waals surface area contributed by atoms with Crippen molar-refractivity contribution < 1.29 is 4.39 Å². The van der Waals surface area contributed by atoms with Gasteiger partial charge in [0.15, 0.2) is 0 Å². The smallest absolute Gasteiger partial charge is 0.146 e. The van der Waals surface area contributed by atoms with E-state index in [9.17, 15) is 4.39 Å². The molecule has 0 bridgehead atoms. The summed E-state index contributed by atoms with van der Waals surface area (Å²) in [5, 5.41) is 5.22. The number of hydrogen-bond acceptors (Lipinski definition) is 3. The van der Waals surface area contributed by atoms with Gasteiger partial charge in [-0.3, -0.25) is 0 Å². The summed E-state index contributed by atoms with van der Waals surface area (Å²) in [6.45, 7) is 2.76. The number of nitrogens with one attached hydrogen (secondary N) is 1. The van der Waals surface area contributed by atoms with E-state index >= 15 is 0 Å². The molecule has 0 saturated heterocycles. The molecule has 19 heavy (non-hydrogen) atoms. The third kappa shape index (κ3) is 3.14. The van der Waals surface area contributed by atoms with Gasteiger partial charge in [0, 0.05) is 18.0 Å². The Labute approximate surface area is 117 Å². The van der Waals surface area contributed by atoms with Crippen molar-refractivity contribution in [2.45, 2.75) is 19.5 Å². The van der Waals surface area contributed by atoms with Crippen molar-refractivity contribution in [1.82, 2.24) is 5.32 Å². The Bertz CT molecular complexity index is 525. The van der Waals surface area contributed by atoms with Gasteiger partial charge in [-0.25, -0.2) is 4.39 Å². The Balaban J connectivity index is 2.31. The first-order valence-electron chi connectivity index (χ1n) is 6.32. The molecular formula is C15H19FN2S. The molecule has 2 aromatic rings. The van der Waals surface area contributed by atoms with Gasteiger partial charge in [-0.15, -0.1) is 11.3 Å². The van der Waals surface area contributed by atoms with E-state index in [2.05, 4.69) is 11.4 Å². The van der Waals surface area contributed by atoms with Crippen molar-refractivity contribution in [2.75, 3.05) is 19.0 Å². The molecule has 0 spiro atoms. The molecule has 1 aromatic carbocycles. The molecular weight excluding hydrogens is 259 g/mol. The summed E-state index contributed by atoms with van der Waals surface area (Å²) in [5.41, 5.74) is 1.67. The Morgan fingerprint density at radius 1 is 1.32 bits per heavy atom. The second-order valence-corrected chi connectivity index (χ2v) is 5.66. The van der Waals surface area contributed by atoms with Gasteiger partial charge in [-0.1, -0.05) is 18.2 Å². The number of nitrogens with zero attached hydrogens (tertiary/aromatic N) is 1. The van der Waals surface area contributed by atoms with Gasteiger partial charge >= 0.3 is 0 Å². The minimum absolute atomic E-state index is 0.122. The lowest BCUT2D eigenvalue weighted by Gasteiger charge is -2.25. The van der Waals surface area contributed by atoms with Crippen molar-refractivity contribution in [3.8, 4) is 0 Å². The lowest BCUT2D eigenvalue weighted by molar-refractivity contribution is 0.602. The number of para-hydroxylation sites is 1. The monoisotopic (exact) mass is 278 g/mol. The predicted molar refractivity (Wildman–Crippen MR) is 80.3 cm³/mol. The molecule has 102 valence electrons. The molecule has 1 N–H and O–H groups in total. The van der Waals surface area contributed by atoms with E-state index in [-0.39, 0.29) is 11.9 Å². The van der Waals surface area contributed by atoms with Crippen LogP contribution in [0.3, 0.4) is 0 Å². The van der Waals surface area contributed by atoms with Crippen LogP contribution in [0.2, 0.25) is 0 Å². The molecule has 1 unspecified atom stereocenters. The van der Waals surface area contributed by atoms with E-state index in [1.807, 2.05) is 43.4 Å². The average Bonchev–Trinajstić information content (AvgIpc) is 2.90. The quantitative estimate of drug-likeness (QED) is 0.895. The van der Waals surface area contributed by atoms with Crippen LogP contribution < -0.4 is 10.2 Å². The normalized spacial score (nSPS) is 12.4. The number of rotatable bonds is 5. The molecule has 1 heterocycles. The molecule has 1 aromatic heterocycles. The third-order valence-corrected chi connectivity index (χ3v) is 4.13. The second-order valence-electron chi connectivity index (χ2n) is 4.62. The van der Waals surface area contributed by atoms with Gasteiger partial charge in [-0.05, 0) is 37.0 Å². The highest BCUT2D eigenvalue weighted by atomic mass is 32.1. The summed E-state index contributed by atoms with van der Waals surface area (Å²) in [7, 11) is 3.82. The van der Waals surface area contributed by atoms with E-state index in [1.54, 1.807) is 17.4 Å². The van der Waals surface area contributed by atoms with Crippen LogP contribution in [0, 0.1) is 5.82 Å². The van der Waals surface area contributed by atoms with Crippen molar-refractivity contribution in [1.29, 1.82) is 0 Å². The van der Waals surface area contributed by atoms with Crippen molar-refractivity contribution in [3.63, 3.8) is 0 Å². The van der Waals surface area contributed by atoms with E-state index in [0.29, 0.717) is 5.69 Å². The molecule has 0 aliphatic rings. The molecule has 0 amide bonds. The topological polar surface area (TPSA) is 15.3 Å². The lowest BCUT2D eigenvalue weighted by atomic mass is 10.0. The van der Waals surface area contributed by atoms with Crippen LogP contribution in [0.5, 0.6) is 0 Å². The first kappa shape index (κ1) is 14.0. The minimum atomic E-state index is -0.168. The van der Waals surface area contributed by atoms with Crippen LogP contribution in [0.15, 0.2) is 35.7 Å². The first-order chi connectivity index (χ1) is 9.13. The zero-order chi connectivity index (χ0) is 13.8. The standard InChI is InChI=1S/C15H19FN2S/c1-11(17-2)13-7-4-8-14(16)15(13)18(3)10-12-6-5-9-19-12/h4-9,11,17H,10H2,1-3H3. The zero-order valence-electron chi connectivity index (χ0n) is 11.5. The zero-order valence-corrected chi connectivity index (χ0v) is 12.3. The number of benzene rings is 1. The van der Waals surface area contributed by atoms with Gasteiger partial charge in [0.1, 0.15) is 5.82 Å². The van der Waals surface area contributed by atoms with E-state index in [1.165, 1.54) is 10.9 Å². The fourth-order valence-electron chi connectivity index (χ4n) is 2.16. The summed E-state index contributed by atoms with van der Waals surface area (Å²) in [6, 6.07) is 9.48. The molecule has 2 rings (SSSR count). The average molecular weight is 278 g/mol. The Morgan fingerprint density at radius 2 is 2.11 bits per heavy atom. The highest BCUT2D eigenvalue weighted by molar-refractivity contribution is 7.09. The van der Waals surface area contributed by atoms with Crippen LogP contribution >= 0.6 is 11.3 Å². The van der Waals surface area contributed by atoms with Gasteiger partial charge < -0.3 is 10.2 Å². The molecule has 0 radical (unpaired) electrons. The molecule has 4 heteroatoms. The van der Waals surface area contributed by atoms with Crippen LogP contribution in [-0.2, 0) is 6.54 Å². The summed E-state index contributed by atoms with van der Waals surface area (Å²) in [4.78, 5) is 3.21. The van der Waals surface area contributed by atoms with Crippen LogP contribution in [0.4, 0.5) is 10.1 Å². The Kier molecular flexibility index (Phi) is 4.56. The van der Waals surface area contributed by atoms with Crippen molar-refractivity contribution in [2.24, 2.45) is 0 Å². The highest BCUT2D eigenvalue weighted by Crippen LogP contribution is 2.29. The lowest BCUT2D eigenvalue weighted by Crippen LogP contribution is -2.22. The third-order valence-electron chi connectivity index (χ3n) is 3.27. The molecule has 0 aliphatic carbocycles. The van der Waals surface area contributed by atoms with Crippen LogP contribution in [-0.4, -0.2) is 14.1 Å². The molecule has 0 saturated carbocycles. The molecule has 2 nitrogen and oxygen atoms in total. The fourth-order valence-corrected chi connectivity index (χ4v) is 2.91. The van der Waals surface area contributed by atoms with E-state index in [4.69, 9.17) is 0 Å². The maximum Gasteiger partial charge on any atom is 0.146 e. The van der Waals surface area contributed by atoms with Gasteiger partial charge in [-0.2, -0.15) is 0 Å². The number of thiophene rings is 1. The maximum atomic E-state index is 14.2.